The zero-order valence-corrected chi connectivity index (χ0v) is 21.8. The Bertz CT molecular complexity index is 1720. The zero-order chi connectivity index (χ0) is 27.8. The van der Waals surface area contributed by atoms with Gasteiger partial charge < -0.3 is 29.4 Å². The lowest BCUT2D eigenvalue weighted by Crippen LogP contribution is -2.21. The normalized spacial score (nSPS) is 15.2. The number of nitrogens with one attached hydrogen (secondary N) is 1. The van der Waals surface area contributed by atoms with Crippen LogP contribution in [0.3, 0.4) is 0 Å². The summed E-state index contributed by atoms with van der Waals surface area (Å²) in [5, 5.41) is 17.7. The summed E-state index contributed by atoms with van der Waals surface area (Å²) in [7, 11) is 0. The molecule has 6 rings (SSSR count). The first-order chi connectivity index (χ1) is 19.5. The van der Waals surface area contributed by atoms with E-state index in [0.29, 0.717) is 40.7 Å². The lowest BCUT2D eigenvalue weighted by molar-refractivity contribution is 0.0728. The van der Waals surface area contributed by atoms with Gasteiger partial charge in [-0.1, -0.05) is 29.8 Å². The number of rotatable bonds is 6. The molecule has 0 spiro atoms. The van der Waals surface area contributed by atoms with Crippen LogP contribution in [-0.4, -0.2) is 29.6 Å². The number of nitriles is 1. The second-order valence-electron chi connectivity index (χ2n) is 8.82. The first kappa shape index (κ1) is 25.2. The van der Waals surface area contributed by atoms with Crippen LogP contribution in [0.2, 0.25) is 5.02 Å². The van der Waals surface area contributed by atoms with Crippen molar-refractivity contribution in [2.75, 3.05) is 13.4 Å². The quantitative estimate of drug-likeness (QED) is 0.239. The number of esters is 1. The minimum absolute atomic E-state index is 0.0593. The average Bonchev–Trinajstić information content (AvgIpc) is 3.60. The number of H-pyrrole nitrogens is 1. The zero-order valence-electron chi connectivity index (χ0n) is 21.1. The van der Waals surface area contributed by atoms with Crippen molar-refractivity contribution < 1.29 is 28.5 Å². The Hall–Kier alpha value is -5.14. The Labute approximate surface area is 233 Å². The molecule has 0 bridgehead atoms. The fourth-order valence-corrected chi connectivity index (χ4v) is 4.90. The number of nitrogens with zero attached hydrogens (tertiary/aromatic N) is 2. The maximum absolute atomic E-state index is 12.9. The van der Waals surface area contributed by atoms with Crippen molar-refractivity contribution in [1.82, 2.24) is 10.2 Å². The number of aromatic nitrogens is 2. The monoisotopic (exact) mass is 556 g/mol. The van der Waals surface area contributed by atoms with Gasteiger partial charge in [-0.2, -0.15) is 5.26 Å². The maximum atomic E-state index is 12.9. The van der Waals surface area contributed by atoms with E-state index >= 15 is 0 Å². The molecule has 10 nitrogen and oxygen atoms in total. The number of hydrogen-bond acceptors (Lipinski definition) is 9. The van der Waals surface area contributed by atoms with Gasteiger partial charge in [0.25, 0.3) is 0 Å². The SMILES string of the molecule is CCOc1cc(C2C(C#N)=C(N)Oc3n[nH]c(-c4ccc5c(c4)OCO5)c32)ccc1OC(=O)c1ccccc1Cl. The molecule has 2 aliphatic heterocycles. The molecule has 0 saturated carbocycles. The third-order valence-corrected chi connectivity index (χ3v) is 6.83. The molecule has 1 atom stereocenters. The van der Waals surface area contributed by atoms with Crippen LogP contribution < -0.4 is 29.4 Å². The minimum atomic E-state index is -0.666. The van der Waals surface area contributed by atoms with E-state index in [1.165, 1.54) is 0 Å². The van der Waals surface area contributed by atoms with Crippen LogP contribution in [-0.2, 0) is 0 Å². The summed E-state index contributed by atoms with van der Waals surface area (Å²) in [5.41, 5.74) is 9.19. The number of benzene rings is 3. The van der Waals surface area contributed by atoms with Crippen LogP contribution >= 0.6 is 11.6 Å². The molecule has 3 N–H and O–H groups in total. The van der Waals surface area contributed by atoms with Crippen LogP contribution in [0.4, 0.5) is 0 Å². The van der Waals surface area contributed by atoms with Crippen molar-refractivity contribution in [2.24, 2.45) is 5.73 Å². The molecule has 3 heterocycles. The fraction of sp³-hybridized carbons (Fsp3) is 0.138. The molecule has 1 unspecified atom stereocenters. The number of aromatic amines is 1. The number of hydrogen-bond donors (Lipinski definition) is 2. The van der Waals surface area contributed by atoms with Gasteiger partial charge in [0.1, 0.15) is 11.6 Å². The van der Waals surface area contributed by atoms with E-state index in [1.54, 1.807) is 48.5 Å². The number of halogens is 1. The van der Waals surface area contributed by atoms with Crippen molar-refractivity contribution in [3.63, 3.8) is 0 Å². The van der Waals surface area contributed by atoms with Gasteiger partial charge in [-0.15, -0.1) is 5.10 Å². The standard InChI is InChI=1S/C29H21ClN4O6/c1-2-36-23-11-15(7-10-21(23)39-29(35)17-5-3-4-6-19(17)30)24-18(13-31)27(32)40-28-25(24)26(33-34-28)16-8-9-20-22(12-16)38-14-37-20/h3-12,24H,2,14,32H2,1H3,(H,33,34). The van der Waals surface area contributed by atoms with Gasteiger partial charge in [0.2, 0.25) is 18.6 Å². The Kier molecular flexibility index (Phi) is 6.42. The summed E-state index contributed by atoms with van der Waals surface area (Å²) < 4.78 is 28.2. The van der Waals surface area contributed by atoms with Crippen LogP contribution in [0.5, 0.6) is 28.9 Å². The molecule has 2 aliphatic rings. The van der Waals surface area contributed by atoms with Gasteiger partial charge in [-0.3, -0.25) is 5.10 Å². The Morgan fingerprint density at radius 1 is 1.15 bits per heavy atom. The van der Waals surface area contributed by atoms with Gasteiger partial charge >= 0.3 is 5.97 Å². The molecule has 0 radical (unpaired) electrons. The largest absolute Gasteiger partial charge is 0.490 e. The Balaban J connectivity index is 1.43. The summed E-state index contributed by atoms with van der Waals surface area (Å²) in [6, 6.07) is 19.3. The molecule has 11 heteroatoms. The van der Waals surface area contributed by atoms with E-state index in [2.05, 4.69) is 16.3 Å². The van der Waals surface area contributed by atoms with E-state index in [1.807, 2.05) is 19.1 Å². The number of carbonyl (C=O) groups is 1. The van der Waals surface area contributed by atoms with Crippen molar-refractivity contribution in [2.45, 2.75) is 12.8 Å². The predicted molar refractivity (Wildman–Crippen MR) is 143 cm³/mol. The van der Waals surface area contributed by atoms with Crippen molar-refractivity contribution in [3.8, 4) is 46.2 Å². The summed E-state index contributed by atoms with van der Waals surface area (Å²) >= 11 is 6.18. The maximum Gasteiger partial charge on any atom is 0.345 e. The van der Waals surface area contributed by atoms with Gasteiger partial charge in [-0.05, 0) is 55.0 Å². The number of allylic oxidation sites excluding steroid dienone is 1. The van der Waals surface area contributed by atoms with Crippen LogP contribution in [0.25, 0.3) is 11.3 Å². The van der Waals surface area contributed by atoms with E-state index in [0.717, 1.165) is 5.56 Å². The van der Waals surface area contributed by atoms with Crippen molar-refractivity contribution in [1.29, 1.82) is 5.26 Å². The van der Waals surface area contributed by atoms with E-state index in [9.17, 15) is 10.1 Å². The van der Waals surface area contributed by atoms with E-state index < -0.39 is 11.9 Å². The molecule has 3 aromatic carbocycles. The highest BCUT2D eigenvalue weighted by atomic mass is 35.5. The second-order valence-corrected chi connectivity index (χ2v) is 9.23. The van der Waals surface area contributed by atoms with Crippen LogP contribution in [0, 0.1) is 11.3 Å². The third-order valence-electron chi connectivity index (χ3n) is 6.50. The van der Waals surface area contributed by atoms with Crippen LogP contribution in [0.1, 0.15) is 34.3 Å². The minimum Gasteiger partial charge on any atom is -0.490 e. The molecule has 0 amide bonds. The molecule has 200 valence electrons. The highest BCUT2D eigenvalue weighted by Crippen LogP contribution is 2.48. The molecule has 40 heavy (non-hydrogen) atoms. The first-order valence-corrected chi connectivity index (χ1v) is 12.7. The summed E-state index contributed by atoms with van der Waals surface area (Å²) in [6.07, 6.45) is 0. The highest BCUT2D eigenvalue weighted by Gasteiger charge is 2.36. The summed E-state index contributed by atoms with van der Waals surface area (Å²) in [5.74, 6) is 0.606. The topological polar surface area (TPSA) is 142 Å². The molecular formula is C29H21ClN4O6. The van der Waals surface area contributed by atoms with E-state index in [-0.39, 0.29) is 40.5 Å². The number of nitrogens with two attached hydrogens (primary N) is 1. The third kappa shape index (κ3) is 4.32. The number of ether oxygens (including phenoxy) is 5. The fourth-order valence-electron chi connectivity index (χ4n) is 4.69. The highest BCUT2D eigenvalue weighted by molar-refractivity contribution is 6.33. The molecule has 0 saturated heterocycles. The molecule has 4 aromatic rings. The average molecular weight is 557 g/mol. The Morgan fingerprint density at radius 3 is 2.77 bits per heavy atom. The van der Waals surface area contributed by atoms with Crippen LogP contribution in [0.15, 0.2) is 72.1 Å². The number of carbonyl (C=O) groups excluding carboxylic acids is 1. The van der Waals surface area contributed by atoms with Gasteiger partial charge in [0, 0.05) is 5.56 Å². The van der Waals surface area contributed by atoms with Crippen molar-refractivity contribution >= 4 is 17.6 Å². The van der Waals surface area contributed by atoms with Gasteiger partial charge in [-0.25, -0.2) is 4.79 Å². The van der Waals surface area contributed by atoms with E-state index in [4.69, 9.17) is 41.0 Å². The second kappa shape index (κ2) is 10.2. The lowest BCUT2D eigenvalue weighted by atomic mass is 9.83. The smallest absolute Gasteiger partial charge is 0.345 e. The molecule has 0 aliphatic carbocycles. The Morgan fingerprint density at radius 2 is 1.98 bits per heavy atom. The van der Waals surface area contributed by atoms with Gasteiger partial charge in [0.05, 0.1) is 34.4 Å². The van der Waals surface area contributed by atoms with Gasteiger partial charge in [0.15, 0.2) is 23.0 Å². The predicted octanol–water partition coefficient (Wildman–Crippen LogP) is 5.29. The van der Waals surface area contributed by atoms with Crippen molar-refractivity contribution in [3.05, 3.63) is 93.8 Å². The molecule has 0 fully saturated rings. The lowest BCUT2D eigenvalue weighted by Gasteiger charge is -2.25. The summed E-state index contributed by atoms with van der Waals surface area (Å²) in [6.45, 7) is 2.25. The number of fused-ring (bicyclic) bond motifs is 2. The first-order valence-electron chi connectivity index (χ1n) is 12.3. The molecular weight excluding hydrogens is 536 g/mol. The molecule has 1 aromatic heterocycles. The summed E-state index contributed by atoms with van der Waals surface area (Å²) in [4.78, 5) is 12.9.